The molecule has 0 radical (unpaired) electrons. The predicted molar refractivity (Wildman–Crippen MR) is 93.1 cm³/mol. The molecule has 6 heteroatoms. The number of nitrogens with zero attached hydrogens (tertiary/aromatic N) is 1. The maximum Gasteiger partial charge on any atom is 0.270 e. The van der Waals surface area contributed by atoms with Gasteiger partial charge in [0, 0.05) is 29.6 Å². The lowest BCUT2D eigenvalue weighted by atomic mass is 10.1. The van der Waals surface area contributed by atoms with E-state index in [9.17, 15) is 14.3 Å². The van der Waals surface area contributed by atoms with Crippen LogP contribution in [0.2, 0.25) is 0 Å². The molecule has 130 valence electrons. The van der Waals surface area contributed by atoms with Crippen LogP contribution in [0.3, 0.4) is 0 Å². The first kappa shape index (κ1) is 17.0. The summed E-state index contributed by atoms with van der Waals surface area (Å²) >= 11 is 0. The minimum atomic E-state index is -0.355. The maximum absolute atomic E-state index is 13.3. The molecule has 1 amide bonds. The van der Waals surface area contributed by atoms with Crippen molar-refractivity contribution in [3.63, 3.8) is 0 Å². The number of para-hydroxylation sites is 1. The zero-order valence-corrected chi connectivity index (χ0v) is 13.8. The molecule has 0 unspecified atom stereocenters. The van der Waals surface area contributed by atoms with Gasteiger partial charge in [0.15, 0.2) is 0 Å². The molecule has 0 saturated carbocycles. The van der Waals surface area contributed by atoms with Crippen LogP contribution in [0.15, 0.2) is 48.5 Å². The van der Waals surface area contributed by atoms with E-state index in [-0.39, 0.29) is 24.9 Å². The minimum absolute atomic E-state index is 0.157. The van der Waals surface area contributed by atoms with Crippen molar-refractivity contribution in [2.24, 2.45) is 0 Å². The summed E-state index contributed by atoms with van der Waals surface area (Å²) in [5.41, 5.74) is 1.88. The molecule has 3 aromatic rings. The molecule has 0 aliphatic rings. The van der Waals surface area contributed by atoms with Gasteiger partial charge in [-0.2, -0.15) is 0 Å². The van der Waals surface area contributed by atoms with Gasteiger partial charge in [-0.25, -0.2) is 4.39 Å². The van der Waals surface area contributed by atoms with Gasteiger partial charge in [0.2, 0.25) is 0 Å². The highest BCUT2D eigenvalue weighted by Crippen LogP contribution is 2.22. The molecule has 25 heavy (non-hydrogen) atoms. The van der Waals surface area contributed by atoms with Crippen LogP contribution in [0.1, 0.15) is 16.1 Å². The molecule has 0 fully saturated rings. The van der Waals surface area contributed by atoms with E-state index in [2.05, 4.69) is 4.98 Å². The van der Waals surface area contributed by atoms with Crippen molar-refractivity contribution in [3.05, 3.63) is 65.6 Å². The quantitative estimate of drug-likeness (QED) is 0.724. The zero-order chi connectivity index (χ0) is 17.8. The standard InChI is InChI=1S/C19H19FN2O3/c1-25-18-5-3-2-4-13(18)12-22(8-9-23)19(24)17-11-14-10-15(20)6-7-16(14)21-17/h2-7,10-11,21,23H,8-9,12H2,1H3. The normalized spacial score (nSPS) is 10.8. The Kier molecular flexibility index (Phi) is 5.00. The van der Waals surface area contributed by atoms with E-state index < -0.39 is 0 Å². The Labute approximate surface area is 144 Å². The third-order valence-corrected chi connectivity index (χ3v) is 4.02. The van der Waals surface area contributed by atoms with Crippen molar-refractivity contribution in [2.45, 2.75) is 6.54 Å². The number of ether oxygens (including phenoxy) is 1. The maximum atomic E-state index is 13.3. The number of aliphatic hydroxyl groups excluding tert-OH is 1. The number of rotatable bonds is 6. The smallest absolute Gasteiger partial charge is 0.270 e. The Morgan fingerprint density at radius 3 is 2.80 bits per heavy atom. The van der Waals surface area contributed by atoms with Crippen molar-refractivity contribution in [3.8, 4) is 5.75 Å². The Bertz CT molecular complexity index is 891. The van der Waals surface area contributed by atoms with Gasteiger partial charge >= 0.3 is 0 Å². The van der Waals surface area contributed by atoms with Crippen LogP contribution in [-0.4, -0.2) is 41.2 Å². The lowest BCUT2D eigenvalue weighted by Gasteiger charge is -2.22. The third-order valence-electron chi connectivity index (χ3n) is 4.02. The van der Waals surface area contributed by atoms with E-state index in [0.717, 1.165) is 5.56 Å². The van der Waals surface area contributed by atoms with E-state index in [0.29, 0.717) is 28.9 Å². The number of aliphatic hydroxyl groups is 1. The van der Waals surface area contributed by atoms with E-state index in [1.54, 1.807) is 19.2 Å². The number of hydrogen-bond donors (Lipinski definition) is 2. The summed E-state index contributed by atoms with van der Waals surface area (Å²) in [5, 5.41) is 9.96. The second-order valence-electron chi connectivity index (χ2n) is 5.68. The number of aromatic amines is 1. The molecule has 3 rings (SSSR count). The van der Waals surface area contributed by atoms with E-state index >= 15 is 0 Å². The highest BCUT2D eigenvalue weighted by Gasteiger charge is 2.19. The summed E-state index contributed by atoms with van der Waals surface area (Å²) in [6.07, 6.45) is 0. The first-order valence-electron chi connectivity index (χ1n) is 7.92. The molecule has 0 bridgehead atoms. The van der Waals surface area contributed by atoms with Crippen LogP contribution in [0.25, 0.3) is 10.9 Å². The highest BCUT2D eigenvalue weighted by molar-refractivity contribution is 5.98. The fraction of sp³-hybridized carbons (Fsp3) is 0.211. The van der Waals surface area contributed by atoms with Gasteiger partial charge < -0.3 is 19.7 Å². The number of H-pyrrole nitrogens is 1. The van der Waals surface area contributed by atoms with Crippen molar-refractivity contribution in [1.29, 1.82) is 0 Å². The molecule has 0 aliphatic heterocycles. The third kappa shape index (κ3) is 3.64. The topological polar surface area (TPSA) is 65.6 Å². The lowest BCUT2D eigenvalue weighted by Crippen LogP contribution is -2.33. The molecule has 0 spiro atoms. The van der Waals surface area contributed by atoms with Crippen molar-refractivity contribution >= 4 is 16.8 Å². The van der Waals surface area contributed by atoms with Crippen molar-refractivity contribution < 1.29 is 19.0 Å². The van der Waals surface area contributed by atoms with Gasteiger partial charge in [0.05, 0.1) is 13.7 Å². The fourth-order valence-corrected chi connectivity index (χ4v) is 2.80. The Hall–Kier alpha value is -2.86. The van der Waals surface area contributed by atoms with E-state index in [1.165, 1.54) is 17.0 Å². The van der Waals surface area contributed by atoms with Crippen LogP contribution in [0.4, 0.5) is 4.39 Å². The molecule has 5 nitrogen and oxygen atoms in total. The number of benzene rings is 2. The van der Waals surface area contributed by atoms with E-state index in [4.69, 9.17) is 4.74 Å². The average molecular weight is 342 g/mol. The molecule has 0 saturated heterocycles. The minimum Gasteiger partial charge on any atom is -0.496 e. The summed E-state index contributed by atoms with van der Waals surface area (Å²) < 4.78 is 18.7. The molecule has 0 aliphatic carbocycles. The zero-order valence-electron chi connectivity index (χ0n) is 13.8. The number of carbonyl (C=O) groups excluding carboxylic acids is 1. The molecule has 2 N–H and O–H groups in total. The van der Waals surface area contributed by atoms with Crippen LogP contribution < -0.4 is 4.74 Å². The number of aromatic nitrogens is 1. The van der Waals surface area contributed by atoms with Crippen molar-refractivity contribution in [2.75, 3.05) is 20.3 Å². The Balaban J connectivity index is 1.89. The van der Waals surface area contributed by atoms with Crippen LogP contribution in [-0.2, 0) is 6.54 Å². The largest absolute Gasteiger partial charge is 0.496 e. The number of fused-ring (bicyclic) bond motifs is 1. The molecule has 2 aromatic carbocycles. The van der Waals surface area contributed by atoms with Gasteiger partial charge in [0.1, 0.15) is 17.3 Å². The second-order valence-corrected chi connectivity index (χ2v) is 5.68. The SMILES string of the molecule is COc1ccccc1CN(CCO)C(=O)c1cc2cc(F)ccc2[nH]1. The number of methoxy groups -OCH3 is 1. The molecule has 1 aromatic heterocycles. The lowest BCUT2D eigenvalue weighted by molar-refractivity contribution is 0.0701. The highest BCUT2D eigenvalue weighted by atomic mass is 19.1. The first-order chi connectivity index (χ1) is 12.1. The van der Waals surface area contributed by atoms with E-state index in [1.807, 2.05) is 24.3 Å². The van der Waals surface area contributed by atoms with Gasteiger partial charge in [-0.05, 0) is 30.3 Å². The monoisotopic (exact) mass is 342 g/mol. The predicted octanol–water partition coefficient (Wildman–Crippen LogP) is 2.95. The van der Waals surface area contributed by atoms with Crippen LogP contribution >= 0.6 is 0 Å². The summed E-state index contributed by atoms with van der Waals surface area (Å²) in [7, 11) is 1.57. The molecule has 0 atom stereocenters. The fourth-order valence-electron chi connectivity index (χ4n) is 2.80. The second kappa shape index (κ2) is 7.36. The van der Waals surface area contributed by atoms with Crippen LogP contribution in [0.5, 0.6) is 5.75 Å². The van der Waals surface area contributed by atoms with Crippen LogP contribution in [0, 0.1) is 5.82 Å². The number of halogens is 1. The average Bonchev–Trinajstić information content (AvgIpc) is 3.04. The summed E-state index contributed by atoms with van der Waals surface area (Å²) in [6.45, 7) is 0.323. The number of carbonyl (C=O) groups is 1. The summed E-state index contributed by atoms with van der Waals surface area (Å²) in [6, 6.07) is 13.3. The molecular formula is C19H19FN2O3. The van der Waals surface area contributed by atoms with Crippen molar-refractivity contribution in [1.82, 2.24) is 9.88 Å². The van der Waals surface area contributed by atoms with Gasteiger partial charge in [-0.1, -0.05) is 18.2 Å². The first-order valence-corrected chi connectivity index (χ1v) is 7.92. The van der Waals surface area contributed by atoms with Gasteiger partial charge in [-0.3, -0.25) is 4.79 Å². The Morgan fingerprint density at radius 1 is 1.24 bits per heavy atom. The number of hydrogen-bond acceptors (Lipinski definition) is 3. The molecular weight excluding hydrogens is 323 g/mol. The summed E-state index contributed by atoms with van der Waals surface area (Å²) in [4.78, 5) is 17.4. The van der Waals surface area contributed by atoms with Gasteiger partial charge in [0.25, 0.3) is 5.91 Å². The Morgan fingerprint density at radius 2 is 2.04 bits per heavy atom. The number of nitrogens with one attached hydrogen (secondary N) is 1. The number of amides is 1. The summed E-state index contributed by atoms with van der Waals surface area (Å²) in [5.74, 6) is 0.0558. The van der Waals surface area contributed by atoms with Gasteiger partial charge in [-0.15, -0.1) is 0 Å². The molecule has 1 heterocycles.